The van der Waals surface area contributed by atoms with Crippen LogP contribution in [-0.4, -0.2) is 83.8 Å². The van der Waals surface area contributed by atoms with E-state index in [1.165, 1.54) is 135 Å². The Morgan fingerprint density at radius 3 is 0.795 bits per heavy atom. The van der Waals surface area contributed by atoms with Gasteiger partial charge >= 0.3 is 0 Å². The van der Waals surface area contributed by atoms with Crippen molar-refractivity contribution in [1.82, 2.24) is 0 Å². The number of nitroso groups, excluding NO2 is 1. The molecule has 88 heavy (non-hydrogen) atoms. The van der Waals surface area contributed by atoms with Crippen molar-refractivity contribution in [3.63, 3.8) is 0 Å². The fraction of sp³-hybridized carbons (Fsp3) is 0.615. The van der Waals surface area contributed by atoms with Crippen LogP contribution in [-0.2, 0) is 0 Å². The number of benzene rings is 3. The summed E-state index contributed by atoms with van der Waals surface area (Å²) in [6.07, 6.45) is 54.4. The second kappa shape index (κ2) is 41.0. The SMILES string of the molecule is CCCCCCCCCCC#Cc1cc2c(O)c(c1)/C=N/C1CCCCC1/N=C/c1cc(C#CCCCCCCCCCC)cc(c1N=O)/C=N/C1CCCCC1/N=C/c1cc(C#CCCCCCCCCCC)cc(c1O)/C=N/C1CCCCC1/N=C/2. The third-order valence-corrected chi connectivity index (χ3v) is 18.3. The molecule has 0 aromatic heterocycles. The number of rotatable bonds is 25. The number of hydrogen-bond donors (Lipinski definition) is 2. The van der Waals surface area contributed by atoms with Gasteiger partial charge < -0.3 is 10.2 Å². The van der Waals surface area contributed by atoms with Crippen LogP contribution in [0, 0.1) is 40.4 Å². The van der Waals surface area contributed by atoms with Crippen LogP contribution >= 0.6 is 0 Å². The van der Waals surface area contributed by atoms with E-state index in [4.69, 9.17) is 30.0 Å². The topological polar surface area (TPSA) is 144 Å². The lowest BCUT2D eigenvalue weighted by atomic mass is 9.91. The lowest BCUT2D eigenvalue weighted by Crippen LogP contribution is -2.27. The van der Waals surface area contributed by atoms with Crippen LogP contribution in [0.4, 0.5) is 5.69 Å². The summed E-state index contributed by atoms with van der Waals surface area (Å²) in [5, 5.41) is 27.9. The fourth-order valence-corrected chi connectivity index (χ4v) is 12.9. The van der Waals surface area contributed by atoms with E-state index in [-0.39, 0.29) is 53.4 Å². The van der Waals surface area contributed by atoms with Gasteiger partial charge in [-0.25, -0.2) is 0 Å². The van der Waals surface area contributed by atoms with Crippen molar-refractivity contribution in [3.8, 4) is 47.0 Å². The quantitative estimate of drug-likeness (QED) is 0.0495. The van der Waals surface area contributed by atoms with Gasteiger partial charge in [0.05, 0.1) is 36.3 Å². The van der Waals surface area contributed by atoms with Crippen molar-refractivity contribution in [2.45, 2.75) is 307 Å². The molecule has 0 spiro atoms. The molecule has 1 heterocycles. The highest BCUT2D eigenvalue weighted by Gasteiger charge is 2.27. The van der Waals surface area contributed by atoms with Gasteiger partial charge in [-0.1, -0.05) is 230 Å². The van der Waals surface area contributed by atoms with Gasteiger partial charge in [0.25, 0.3) is 0 Å². The van der Waals surface area contributed by atoms with Crippen LogP contribution < -0.4 is 0 Å². The van der Waals surface area contributed by atoms with Crippen molar-refractivity contribution in [3.05, 3.63) is 91.4 Å². The Morgan fingerprint density at radius 2 is 0.557 bits per heavy atom. The lowest BCUT2D eigenvalue weighted by Gasteiger charge is -2.26. The first kappa shape index (κ1) is 69.0. The normalized spacial score (nSPS) is 22.2. The minimum absolute atomic E-state index is 0.112. The van der Waals surface area contributed by atoms with Gasteiger partial charge in [0.2, 0.25) is 0 Å². The van der Waals surface area contributed by atoms with Gasteiger partial charge in [-0.15, -0.1) is 4.91 Å². The number of phenols is 2. The Hall–Kier alpha value is -6.44. The summed E-state index contributed by atoms with van der Waals surface area (Å²) in [5.74, 6) is 20.9. The minimum Gasteiger partial charge on any atom is -0.507 e. The number of hydrogen-bond acceptors (Lipinski definition) is 10. The Balaban J connectivity index is 1.26. The minimum atomic E-state index is -0.147. The zero-order chi connectivity index (χ0) is 61.6. The molecule has 0 saturated heterocycles. The zero-order valence-electron chi connectivity index (χ0n) is 54.4. The second-order valence-corrected chi connectivity index (χ2v) is 25.6. The summed E-state index contributed by atoms with van der Waals surface area (Å²) in [5.41, 5.74) is 6.28. The summed E-state index contributed by atoms with van der Waals surface area (Å²) in [6.45, 7) is 6.78. The van der Waals surface area contributed by atoms with Crippen molar-refractivity contribution in [1.29, 1.82) is 0 Å². The van der Waals surface area contributed by atoms with E-state index < -0.39 is 0 Å². The van der Waals surface area contributed by atoms with E-state index >= 15 is 0 Å². The van der Waals surface area contributed by atoms with Crippen molar-refractivity contribution in [2.75, 3.05) is 0 Å². The van der Waals surface area contributed by atoms with Crippen LogP contribution in [0.3, 0.4) is 0 Å². The third kappa shape index (κ3) is 24.2. The van der Waals surface area contributed by atoms with E-state index in [0.717, 1.165) is 132 Å². The first-order chi connectivity index (χ1) is 43.4. The predicted octanol–water partition coefficient (Wildman–Crippen LogP) is 20.0. The number of unbranched alkanes of at least 4 members (excludes halogenated alkanes) is 24. The molecular formula is C78H107N7O3. The van der Waals surface area contributed by atoms with Gasteiger partial charge in [0.1, 0.15) is 17.2 Å². The highest BCUT2D eigenvalue weighted by Crippen LogP contribution is 2.32. The smallest absolute Gasteiger partial charge is 0.133 e. The summed E-state index contributed by atoms with van der Waals surface area (Å²) in [7, 11) is 0. The highest BCUT2D eigenvalue weighted by molar-refractivity contribution is 5.97. The monoisotopic (exact) mass is 1190 g/mol. The third-order valence-electron chi connectivity index (χ3n) is 18.3. The average Bonchev–Trinajstić information content (AvgIpc) is 2.48. The maximum Gasteiger partial charge on any atom is 0.133 e. The molecule has 3 saturated carbocycles. The van der Waals surface area contributed by atoms with E-state index in [1.807, 2.05) is 73.7 Å². The molecule has 1 aliphatic heterocycles. The molecule has 3 fully saturated rings. The van der Waals surface area contributed by atoms with Crippen LogP contribution in [0.1, 0.15) is 321 Å². The molecular weight excluding hydrogens is 1080 g/mol. The number of fused-ring (bicyclic) bond motifs is 9. The van der Waals surface area contributed by atoms with Crippen LogP contribution in [0.25, 0.3) is 0 Å². The second-order valence-electron chi connectivity index (χ2n) is 25.6. The number of phenolic OH excluding ortho intramolecular Hbond substituents is 2. The van der Waals surface area contributed by atoms with Crippen LogP contribution in [0.2, 0.25) is 0 Å². The van der Waals surface area contributed by atoms with Gasteiger partial charge in [0.15, 0.2) is 0 Å². The summed E-state index contributed by atoms with van der Waals surface area (Å²) in [6, 6.07) is 10.9. The van der Waals surface area contributed by atoms with Crippen molar-refractivity contribution >= 4 is 43.0 Å². The van der Waals surface area contributed by atoms with E-state index in [0.29, 0.717) is 33.4 Å². The number of aliphatic imine (C=N–C) groups is 6. The van der Waals surface area contributed by atoms with E-state index in [2.05, 4.69) is 61.5 Å². The summed E-state index contributed by atoms with van der Waals surface area (Å²) in [4.78, 5) is 44.3. The molecule has 2 N–H and O–H groups in total. The lowest BCUT2D eigenvalue weighted by molar-refractivity contribution is 0.389. The average molecular weight is 1190 g/mol. The number of aromatic hydroxyl groups is 2. The van der Waals surface area contributed by atoms with E-state index in [1.54, 1.807) is 0 Å². The zero-order valence-corrected chi connectivity index (χ0v) is 54.4. The first-order valence-corrected chi connectivity index (χ1v) is 35.3. The molecule has 3 aromatic carbocycles. The standard InChI is InChI=1S/C78H107N7O3/c1-4-7-10-13-16-19-22-25-28-31-40-61-49-64-55-79-70-43-34-36-45-72(70)81-57-66-51-62(41-32-29-26-23-20-17-14-11-8-5-2)53-68(77(66)86)59-83-74-47-38-39-48-75(74)84-60-69-54-63(42-33-30-27-24-21-18-15-12-9-6-3)52-67(78(69)87)58-82-73-46-37-35-44-71(73)80-56-65(50-61)76(64)85-88/h49-60,70-75,86-87H,4-30,34-39,43-48H2,1-3H3/b79-55+,80-56+,81-57+,82-58+,83-59+,84-60+. The molecule has 4 aliphatic rings. The van der Waals surface area contributed by atoms with Crippen molar-refractivity contribution in [2.24, 2.45) is 35.1 Å². The molecule has 3 aliphatic carbocycles. The molecule has 0 radical (unpaired) electrons. The van der Waals surface area contributed by atoms with Gasteiger partial charge in [-0.2, -0.15) is 0 Å². The van der Waals surface area contributed by atoms with Gasteiger partial charge in [0, 0.05) is 107 Å². The first-order valence-electron chi connectivity index (χ1n) is 35.3. The largest absolute Gasteiger partial charge is 0.507 e. The van der Waals surface area contributed by atoms with E-state index in [9.17, 15) is 15.1 Å². The molecule has 6 unspecified atom stereocenters. The fourth-order valence-electron chi connectivity index (χ4n) is 12.9. The van der Waals surface area contributed by atoms with Crippen LogP contribution in [0.15, 0.2) is 71.5 Å². The molecule has 10 nitrogen and oxygen atoms in total. The van der Waals surface area contributed by atoms with Gasteiger partial charge in [-0.3, -0.25) is 30.0 Å². The molecule has 10 heteroatoms. The van der Waals surface area contributed by atoms with Crippen LogP contribution in [0.5, 0.6) is 11.5 Å². The Kier molecular flexibility index (Phi) is 32.1. The molecule has 3 aromatic rings. The molecule has 0 amide bonds. The predicted molar refractivity (Wildman–Crippen MR) is 374 cm³/mol. The summed E-state index contributed by atoms with van der Waals surface area (Å²) >= 11 is 0. The Labute approximate surface area is 531 Å². The maximum absolute atomic E-state index is 13.1. The molecule has 472 valence electrons. The van der Waals surface area contributed by atoms with Crippen molar-refractivity contribution < 1.29 is 10.2 Å². The molecule has 6 atom stereocenters. The summed E-state index contributed by atoms with van der Waals surface area (Å²) < 4.78 is 0. The highest BCUT2D eigenvalue weighted by atomic mass is 16.3. The maximum atomic E-state index is 13.1. The Morgan fingerprint density at radius 1 is 0.341 bits per heavy atom. The van der Waals surface area contributed by atoms with Gasteiger partial charge in [-0.05, 0) is 99.4 Å². The molecule has 6 bridgehead atoms. The molecule has 7 rings (SSSR count). The Bertz CT molecular complexity index is 2810. The number of nitrogens with zero attached hydrogens (tertiary/aromatic N) is 7.